The van der Waals surface area contributed by atoms with Crippen LogP contribution in [0.15, 0.2) is 0 Å². The molecule has 0 bridgehead atoms. The van der Waals surface area contributed by atoms with Crippen molar-refractivity contribution in [1.29, 1.82) is 0 Å². The van der Waals surface area contributed by atoms with Crippen molar-refractivity contribution in [1.82, 2.24) is 0 Å². The van der Waals surface area contributed by atoms with Crippen molar-refractivity contribution < 1.29 is 0 Å². The van der Waals surface area contributed by atoms with E-state index in [9.17, 15) is 0 Å². The molecule has 0 saturated heterocycles. The summed E-state index contributed by atoms with van der Waals surface area (Å²) in [5, 5.41) is 0. The Kier molecular flexibility index (Phi) is 4.89. The maximum absolute atomic E-state index is 2.38. The summed E-state index contributed by atoms with van der Waals surface area (Å²) in [4.78, 5) is 0. The van der Waals surface area contributed by atoms with Crippen LogP contribution in [0.2, 0.25) is 0 Å². The lowest BCUT2D eigenvalue weighted by Gasteiger charge is -2.29. The van der Waals surface area contributed by atoms with Crippen molar-refractivity contribution in [2.45, 2.75) is 60.8 Å². The predicted molar refractivity (Wildman–Crippen MR) is 57.1 cm³/mol. The molecule has 12 heavy (non-hydrogen) atoms. The van der Waals surface area contributed by atoms with Crippen molar-refractivity contribution in [2.24, 2.45) is 11.3 Å². The van der Waals surface area contributed by atoms with Crippen LogP contribution in [-0.4, -0.2) is 0 Å². The fourth-order valence-corrected chi connectivity index (χ4v) is 1.19. The smallest absolute Gasteiger partial charge is 0.0303 e. The van der Waals surface area contributed by atoms with E-state index < -0.39 is 0 Å². The van der Waals surface area contributed by atoms with Gasteiger partial charge in [0.15, 0.2) is 0 Å². The Hall–Kier alpha value is 0. The molecule has 1 radical (unpaired) electrons. The van der Waals surface area contributed by atoms with Crippen LogP contribution in [0.4, 0.5) is 0 Å². The number of rotatable bonds is 5. The fraction of sp³-hybridized carbons (Fsp3) is 0.917. The molecule has 0 atom stereocenters. The van der Waals surface area contributed by atoms with E-state index in [-0.39, 0.29) is 0 Å². The van der Waals surface area contributed by atoms with Gasteiger partial charge in [-0.05, 0) is 30.1 Å². The van der Waals surface area contributed by atoms with E-state index >= 15 is 0 Å². The summed E-state index contributed by atoms with van der Waals surface area (Å²) in [5.74, 6) is 2.37. The SMILES string of the molecule is C[C](C)CCCC(C)(C)C(C)C. The Morgan fingerprint density at radius 3 is 2.00 bits per heavy atom. The summed E-state index contributed by atoms with van der Waals surface area (Å²) in [7, 11) is 0. The second-order valence-corrected chi connectivity index (χ2v) is 5.20. The molecule has 0 spiro atoms. The first-order valence-corrected chi connectivity index (χ1v) is 5.15. The molecule has 0 rings (SSSR count). The van der Waals surface area contributed by atoms with E-state index in [0.29, 0.717) is 5.41 Å². The summed E-state index contributed by atoms with van der Waals surface area (Å²) in [5.41, 5.74) is 0.523. The maximum Gasteiger partial charge on any atom is -0.0303 e. The molecule has 0 heteroatoms. The monoisotopic (exact) mass is 169 g/mol. The van der Waals surface area contributed by atoms with Crippen LogP contribution < -0.4 is 0 Å². The van der Waals surface area contributed by atoms with Crippen molar-refractivity contribution in [2.75, 3.05) is 0 Å². The summed E-state index contributed by atoms with van der Waals surface area (Å²) in [6, 6.07) is 0. The van der Waals surface area contributed by atoms with Crippen LogP contribution in [0, 0.1) is 17.3 Å². The van der Waals surface area contributed by atoms with Gasteiger partial charge in [-0.1, -0.05) is 48.0 Å². The fourth-order valence-electron chi connectivity index (χ4n) is 1.19. The molecule has 0 aromatic rings. The van der Waals surface area contributed by atoms with Crippen LogP contribution in [0.25, 0.3) is 0 Å². The largest absolute Gasteiger partial charge is 0.0623 e. The van der Waals surface area contributed by atoms with Gasteiger partial charge >= 0.3 is 0 Å². The van der Waals surface area contributed by atoms with Gasteiger partial charge in [-0.2, -0.15) is 0 Å². The molecule has 0 aromatic carbocycles. The molecule has 0 aliphatic carbocycles. The minimum absolute atomic E-state index is 0.523. The topological polar surface area (TPSA) is 0 Å². The van der Waals surface area contributed by atoms with Gasteiger partial charge in [0.25, 0.3) is 0 Å². The summed E-state index contributed by atoms with van der Waals surface area (Å²) in [6.45, 7) is 13.8. The Morgan fingerprint density at radius 1 is 1.17 bits per heavy atom. The second-order valence-electron chi connectivity index (χ2n) is 5.20. The first-order chi connectivity index (χ1) is 5.36. The van der Waals surface area contributed by atoms with Gasteiger partial charge in [0.1, 0.15) is 0 Å². The normalized spacial score (nSPS) is 13.0. The quantitative estimate of drug-likeness (QED) is 0.570. The van der Waals surface area contributed by atoms with Crippen LogP contribution in [-0.2, 0) is 0 Å². The minimum atomic E-state index is 0.523. The second kappa shape index (κ2) is 4.89. The van der Waals surface area contributed by atoms with Gasteiger partial charge < -0.3 is 0 Å². The van der Waals surface area contributed by atoms with Gasteiger partial charge in [0.05, 0.1) is 0 Å². The highest BCUT2D eigenvalue weighted by Gasteiger charge is 2.21. The zero-order valence-corrected chi connectivity index (χ0v) is 9.70. The van der Waals surface area contributed by atoms with Crippen LogP contribution >= 0.6 is 0 Å². The van der Waals surface area contributed by atoms with Gasteiger partial charge in [-0.25, -0.2) is 0 Å². The predicted octanol–water partition coefficient (Wildman–Crippen LogP) is 4.45. The van der Waals surface area contributed by atoms with E-state index in [1.807, 2.05) is 0 Å². The van der Waals surface area contributed by atoms with Crippen LogP contribution in [0.3, 0.4) is 0 Å². The summed E-state index contributed by atoms with van der Waals surface area (Å²) < 4.78 is 0. The van der Waals surface area contributed by atoms with Crippen LogP contribution in [0.1, 0.15) is 60.8 Å². The van der Waals surface area contributed by atoms with E-state index in [4.69, 9.17) is 0 Å². The third-order valence-electron chi connectivity index (χ3n) is 3.06. The average molecular weight is 169 g/mol. The van der Waals surface area contributed by atoms with Crippen molar-refractivity contribution >= 4 is 0 Å². The molecule has 0 aliphatic heterocycles. The molecule has 0 aromatic heterocycles. The molecular weight excluding hydrogens is 144 g/mol. The van der Waals surface area contributed by atoms with E-state index in [2.05, 4.69) is 41.5 Å². The first kappa shape index (κ1) is 12.0. The Bertz CT molecular complexity index is 109. The van der Waals surface area contributed by atoms with E-state index in [1.165, 1.54) is 19.3 Å². The molecule has 73 valence electrons. The lowest BCUT2D eigenvalue weighted by Crippen LogP contribution is -2.18. The molecule has 0 saturated carbocycles. The lowest BCUT2D eigenvalue weighted by molar-refractivity contribution is 0.222. The highest BCUT2D eigenvalue weighted by Crippen LogP contribution is 2.32. The zero-order chi connectivity index (χ0) is 9.78. The minimum Gasteiger partial charge on any atom is -0.0623 e. The van der Waals surface area contributed by atoms with Crippen molar-refractivity contribution in [3.63, 3.8) is 0 Å². The van der Waals surface area contributed by atoms with Gasteiger partial charge in [0, 0.05) is 0 Å². The lowest BCUT2D eigenvalue weighted by atomic mass is 9.77. The van der Waals surface area contributed by atoms with Gasteiger partial charge in [-0.15, -0.1) is 0 Å². The molecule has 0 nitrogen and oxygen atoms in total. The van der Waals surface area contributed by atoms with Crippen LogP contribution in [0.5, 0.6) is 0 Å². The van der Waals surface area contributed by atoms with E-state index in [1.54, 1.807) is 5.92 Å². The molecule has 0 heterocycles. The standard InChI is InChI=1S/C12H25/c1-10(2)8-7-9-12(5,6)11(3)4/h11H,7-9H2,1-6H3. The molecule has 0 N–H and O–H groups in total. The highest BCUT2D eigenvalue weighted by molar-refractivity contribution is 4.79. The molecule has 0 fully saturated rings. The van der Waals surface area contributed by atoms with E-state index in [0.717, 1.165) is 5.92 Å². The van der Waals surface area contributed by atoms with Crippen molar-refractivity contribution in [3.05, 3.63) is 5.92 Å². The first-order valence-electron chi connectivity index (χ1n) is 5.15. The number of hydrogen-bond donors (Lipinski definition) is 0. The van der Waals surface area contributed by atoms with Gasteiger partial charge in [0.2, 0.25) is 0 Å². The summed E-state index contributed by atoms with van der Waals surface area (Å²) in [6.07, 6.45) is 4.01. The van der Waals surface area contributed by atoms with Crippen molar-refractivity contribution in [3.8, 4) is 0 Å². The third kappa shape index (κ3) is 4.79. The average Bonchev–Trinajstić information content (AvgIpc) is 1.85. The van der Waals surface area contributed by atoms with Gasteiger partial charge in [-0.3, -0.25) is 0 Å². The molecule has 0 amide bonds. The molecule has 0 aliphatic rings. The Labute approximate surface area is 78.8 Å². The number of hydrogen-bond acceptors (Lipinski definition) is 0. The highest BCUT2D eigenvalue weighted by atomic mass is 14.3. The Morgan fingerprint density at radius 2 is 1.67 bits per heavy atom. The maximum atomic E-state index is 2.38. The molecule has 0 unspecified atom stereocenters. The Balaban J connectivity index is 3.61. The summed E-state index contributed by atoms with van der Waals surface area (Å²) >= 11 is 0. The zero-order valence-electron chi connectivity index (χ0n) is 9.70. The third-order valence-corrected chi connectivity index (χ3v) is 3.06. The molecular formula is C12H25.